The van der Waals surface area contributed by atoms with Crippen LogP contribution < -0.4 is 10.6 Å². The van der Waals surface area contributed by atoms with Gasteiger partial charge in [-0.25, -0.2) is 0 Å². The Hall–Kier alpha value is -1.13. The van der Waals surface area contributed by atoms with Crippen LogP contribution in [0.25, 0.3) is 0 Å². The van der Waals surface area contributed by atoms with Gasteiger partial charge in [-0.1, -0.05) is 0 Å². The van der Waals surface area contributed by atoms with Gasteiger partial charge >= 0.3 is 0 Å². The number of carbonyl (C=O) groups excluding carboxylic acids is 1. The van der Waals surface area contributed by atoms with Crippen molar-refractivity contribution in [1.82, 2.24) is 15.6 Å². The summed E-state index contributed by atoms with van der Waals surface area (Å²) in [6, 6.07) is 3.66. The lowest BCUT2D eigenvalue weighted by Gasteiger charge is -2.22. The molecule has 88 valence electrons. The van der Waals surface area contributed by atoms with E-state index in [0.29, 0.717) is 18.2 Å². The number of carbonyl (C=O) groups is 1. The second-order valence-electron chi connectivity index (χ2n) is 4.35. The Balaban J connectivity index is 1.66. The van der Waals surface area contributed by atoms with Crippen LogP contribution in [0.4, 0.5) is 0 Å². The summed E-state index contributed by atoms with van der Waals surface area (Å²) in [4.78, 5) is 14.6. The Morgan fingerprint density at radius 3 is 3.19 bits per heavy atom. The van der Waals surface area contributed by atoms with Crippen LogP contribution in [0.15, 0.2) is 18.3 Å². The average Bonchev–Trinajstić information content (AvgIpc) is 2.84. The summed E-state index contributed by atoms with van der Waals surface area (Å²) in [6.45, 7) is 3.57. The van der Waals surface area contributed by atoms with Gasteiger partial charge in [-0.2, -0.15) is 0 Å². The van der Waals surface area contributed by atoms with Gasteiger partial charge in [0.05, 0.1) is 12.2 Å². The minimum absolute atomic E-state index is 0.133. The number of rotatable bonds is 5. The quantitative estimate of drug-likeness (QED) is 0.644. The third kappa shape index (κ3) is 3.18. The molecule has 1 aliphatic heterocycles. The summed E-state index contributed by atoms with van der Waals surface area (Å²) in [5.74, 6) is 0.805. The monoisotopic (exact) mass is 221 g/mol. The van der Waals surface area contributed by atoms with Crippen LogP contribution in [0.5, 0.6) is 0 Å². The van der Waals surface area contributed by atoms with E-state index in [9.17, 15) is 4.79 Å². The van der Waals surface area contributed by atoms with Gasteiger partial charge in [0.2, 0.25) is 0 Å². The van der Waals surface area contributed by atoms with Crippen molar-refractivity contribution in [3.8, 4) is 0 Å². The topological polar surface area (TPSA) is 56.9 Å². The highest BCUT2D eigenvalue weighted by molar-refractivity contribution is 5.95. The molecule has 0 saturated carbocycles. The molecule has 1 atom stereocenters. The molecule has 1 aromatic rings. The van der Waals surface area contributed by atoms with E-state index in [1.54, 1.807) is 6.20 Å². The van der Waals surface area contributed by atoms with E-state index >= 15 is 0 Å². The third-order valence-corrected chi connectivity index (χ3v) is 3.02. The molecule has 2 rings (SSSR count). The lowest BCUT2D eigenvalue weighted by Crippen LogP contribution is -2.37. The molecule has 1 aliphatic rings. The number of piperidine rings is 1. The molecule has 16 heavy (non-hydrogen) atoms. The lowest BCUT2D eigenvalue weighted by molar-refractivity contribution is 0.0985. The lowest BCUT2D eigenvalue weighted by atomic mass is 10.00. The molecule has 0 bridgehead atoms. The predicted molar refractivity (Wildman–Crippen MR) is 63.6 cm³/mol. The number of ketones is 1. The molecule has 1 fully saturated rings. The zero-order valence-electron chi connectivity index (χ0n) is 9.46. The Kier molecular flexibility index (Phi) is 4.13. The van der Waals surface area contributed by atoms with Crippen LogP contribution in [0.1, 0.15) is 23.3 Å². The highest BCUT2D eigenvalue weighted by Crippen LogP contribution is 2.08. The van der Waals surface area contributed by atoms with E-state index < -0.39 is 0 Å². The molecule has 1 aromatic heterocycles. The molecular formula is C12H19N3O. The first-order chi connectivity index (χ1) is 7.86. The standard InChI is InChI=1S/C12H19N3O/c16-12(11-4-2-6-15-11)9-14-8-10-3-1-5-13-7-10/h2,4,6,10,13-15H,1,3,5,7-9H2/t10-/m1/s1. The maximum absolute atomic E-state index is 11.6. The van der Waals surface area contributed by atoms with Gasteiger partial charge in [0.15, 0.2) is 5.78 Å². The number of H-pyrrole nitrogens is 1. The maximum Gasteiger partial charge on any atom is 0.192 e. The predicted octanol–water partition coefficient (Wildman–Crippen LogP) is 0.787. The van der Waals surface area contributed by atoms with E-state index in [4.69, 9.17) is 0 Å². The summed E-state index contributed by atoms with van der Waals surface area (Å²) in [7, 11) is 0. The highest BCUT2D eigenvalue weighted by atomic mass is 16.1. The molecule has 4 nitrogen and oxygen atoms in total. The molecule has 0 spiro atoms. The van der Waals surface area contributed by atoms with Crippen LogP contribution >= 0.6 is 0 Å². The summed E-state index contributed by atoms with van der Waals surface area (Å²) < 4.78 is 0. The molecule has 0 aliphatic carbocycles. The van der Waals surface area contributed by atoms with Crippen molar-refractivity contribution < 1.29 is 4.79 Å². The van der Waals surface area contributed by atoms with Gasteiger partial charge in [-0.05, 0) is 50.5 Å². The van der Waals surface area contributed by atoms with Gasteiger partial charge in [0, 0.05) is 6.20 Å². The maximum atomic E-state index is 11.6. The smallest absolute Gasteiger partial charge is 0.192 e. The Morgan fingerprint density at radius 1 is 1.56 bits per heavy atom. The van der Waals surface area contributed by atoms with Crippen molar-refractivity contribution in [3.63, 3.8) is 0 Å². The van der Waals surface area contributed by atoms with Crippen molar-refractivity contribution in [2.75, 3.05) is 26.2 Å². The first kappa shape index (κ1) is 11.4. The van der Waals surface area contributed by atoms with Crippen molar-refractivity contribution in [2.45, 2.75) is 12.8 Å². The van der Waals surface area contributed by atoms with E-state index in [1.165, 1.54) is 12.8 Å². The van der Waals surface area contributed by atoms with E-state index in [-0.39, 0.29) is 5.78 Å². The average molecular weight is 221 g/mol. The number of hydrogen-bond acceptors (Lipinski definition) is 3. The van der Waals surface area contributed by atoms with E-state index in [1.807, 2.05) is 12.1 Å². The fraction of sp³-hybridized carbons (Fsp3) is 0.583. The third-order valence-electron chi connectivity index (χ3n) is 3.02. The molecule has 0 radical (unpaired) electrons. The Morgan fingerprint density at radius 2 is 2.50 bits per heavy atom. The molecule has 0 unspecified atom stereocenters. The number of aromatic amines is 1. The molecular weight excluding hydrogens is 202 g/mol. The van der Waals surface area contributed by atoms with Crippen LogP contribution in [-0.2, 0) is 0 Å². The largest absolute Gasteiger partial charge is 0.359 e. The SMILES string of the molecule is O=C(CNC[C@@H]1CCCNC1)c1ccc[nH]1. The molecule has 2 heterocycles. The molecule has 4 heteroatoms. The number of nitrogens with one attached hydrogen (secondary N) is 3. The second kappa shape index (κ2) is 5.82. The molecule has 1 saturated heterocycles. The van der Waals surface area contributed by atoms with Crippen LogP contribution in [0.3, 0.4) is 0 Å². The number of Topliss-reactive ketones (excluding diaryl/α,β-unsaturated/α-hetero) is 1. The van der Waals surface area contributed by atoms with Crippen LogP contribution in [-0.4, -0.2) is 36.9 Å². The molecule has 0 amide bonds. The zero-order chi connectivity index (χ0) is 11.2. The van der Waals surface area contributed by atoms with Gasteiger partial charge in [0.25, 0.3) is 0 Å². The van der Waals surface area contributed by atoms with Crippen molar-refractivity contribution in [1.29, 1.82) is 0 Å². The summed E-state index contributed by atoms with van der Waals surface area (Å²) in [5, 5.41) is 6.60. The van der Waals surface area contributed by atoms with Crippen LogP contribution in [0, 0.1) is 5.92 Å². The first-order valence-corrected chi connectivity index (χ1v) is 5.94. The highest BCUT2D eigenvalue weighted by Gasteiger charge is 2.13. The summed E-state index contributed by atoms with van der Waals surface area (Å²) in [6.07, 6.45) is 4.28. The molecule has 3 N–H and O–H groups in total. The molecule has 0 aromatic carbocycles. The fourth-order valence-electron chi connectivity index (χ4n) is 2.09. The number of aromatic nitrogens is 1. The van der Waals surface area contributed by atoms with E-state index in [2.05, 4.69) is 15.6 Å². The van der Waals surface area contributed by atoms with Gasteiger partial charge < -0.3 is 15.6 Å². The fourth-order valence-corrected chi connectivity index (χ4v) is 2.09. The first-order valence-electron chi connectivity index (χ1n) is 5.94. The van der Waals surface area contributed by atoms with Crippen molar-refractivity contribution in [3.05, 3.63) is 24.0 Å². The van der Waals surface area contributed by atoms with Crippen molar-refractivity contribution in [2.24, 2.45) is 5.92 Å². The summed E-state index contributed by atoms with van der Waals surface area (Å²) >= 11 is 0. The van der Waals surface area contributed by atoms with Crippen molar-refractivity contribution >= 4 is 5.78 Å². The minimum Gasteiger partial charge on any atom is -0.359 e. The van der Waals surface area contributed by atoms with Gasteiger partial charge in [0.1, 0.15) is 0 Å². The normalized spacial score (nSPS) is 20.9. The Labute approximate surface area is 95.8 Å². The van der Waals surface area contributed by atoms with Gasteiger partial charge in [-0.15, -0.1) is 0 Å². The van der Waals surface area contributed by atoms with Gasteiger partial charge in [-0.3, -0.25) is 4.79 Å². The Bertz CT molecular complexity index is 315. The van der Waals surface area contributed by atoms with Crippen LogP contribution in [0.2, 0.25) is 0 Å². The zero-order valence-corrected chi connectivity index (χ0v) is 9.46. The van der Waals surface area contributed by atoms with E-state index in [0.717, 1.165) is 19.6 Å². The number of hydrogen-bond donors (Lipinski definition) is 3. The second-order valence-corrected chi connectivity index (χ2v) is 4.35. The minimum atomic E-state index is 0.133. The summed E-state index contributed by atoms with van der Waals surface area (Å²) in [5.41, 5.74) is 0.689.